The molecule has 21 heavy (non-hydrogen) atoms. The van der Waals surface area contributed by atoms with Crippen LogP contribution >= 0.6 is 0 Å². The van der Waals surface area contributed by atoms with Crippen LogP contribution in [0.1, 0.15) is 38.0 Å². The van der Waals surface area contributed by atoms with Crippen LogP contribution in [0.3, 0.4) is 0 Å². The largest absolute Gasteiger partial charge is 0.469 e. The van der Waals surface area contributed by atoms with Crippen LogP contribution in [0, 0.1) is 12.3 Å². The highest BCUT2D eigenvalue weighted by Gasteiger charge is 2.33. The molecule has 1 aromatic heterocycles. The Hall–Kier alpha value is -0.840. The van der Waals surface area contributed by atoms with Crippen LogP contribution in [0.25, 0.3) is 0 Å². The van der Waals surface area contributed by atoms with Crippen molar-refractivity contribution < 1.29 is 9.15 Å². The molecular formula is C17H30N2O2. The summed E-state index contributed by atoms with van der Waals surface area (Å²) in [6.45, 7) is 11.4. The zero-order valence-electron chi connectivity index (χ0n) is 13.9. The molecule has 0 bridgehead atoms. The van der Waals surface area contributed by atoms with Crippen molar-refractivity contribution in [1.82, 2.24) is 10.2 Å². The first-order valence-electron chi connectivity index (χ1n) is 8.03. The first-order chi connectivity index (χ1) is 10.0. The third kappa shape index (κ3) is 4.83. The summed E-state index contributed by atoms with van der Waals surface area (Å²) in [4.78, 5) is 2.42. The van der Waals surface area contributed by atoms with Crippen molar-refractivity contribution in [3.8, 4) is 0 Å². The highest BCUT2D eigenvalue weighted by Crippen LogP contribution is 2.31. The maximum atomic E-state index is 5.58. The molecule has 1 fully saturated rings. The topological polar surface area (TPSA) is 37.6 Å². The maximum absolute atomic E-state index is 5.58. The highest BCUT2D eigenvalue weighted by molar-refractivity contribution is 5.15. The van der Waals surface area contributed by atoms with E-state index < -0.39 is 0 Å². The first kappa shape index (κ1) is 16.5. The molecule has 1 aromatic rings. The summed E-state index contributed by atoms with van der Waals surface area (Å²) in [7, 11) is 2.21. The average Bonchev–Trinajstić information content (AvgIpc) is 2.83. The lowest BCUT2D eigenvalue weighted by Crippen LogP contribution is -2.47. The predicted octanol–water partition coefficient (Wildman–Crippen LogP) is 2.81. The molecular weight excluding hydrogens is 264 g/mol. The molecule has 4 heteroatoms. The van der Waals surface area contributed by atoms with Gasteiger partial charge >= 0.3 is 0 Å². The molecule has 0 aliphatic carbocycles. The Morgan fingerprint density at radius 1 is 1.33 bits per heavy atom. The van der Waals surface area contributed by atoms with Crippen LogP contribution in [0.4, 0.5) is 0 Å². The lowest BCUT2D eigenvalue weighted by molar-refractivity contribution is -0.00253. The van der Waals surface area contributed by atoms with Gasteiger partial charge in [-0.15, -0.1) is 0 Å². The van der Waals surface area contributed by atoms with E-state index in [9.17, 15) is 0 Å². The van der Waals surface area contributed by atoms with Crippen molar-refractivity contribution in [2.45, 2.75) is 46.2 Å². The minimum Gasteiger partial charge on any atom is -0.469 e. The van der Waals surface area contributed by atoms with E-state index in [1.807, 2.05) is 6.92 Å². The molecule has 0 amide bonds. The van der Waals surface area contributed by atoms with Crippen LogP contribution in [-0.2, 0) is 11.3 Å². The smallest absolute Gasteiger partial charge is 0.105 e. The molecule has 1 aliphatic heterocycles. The van der Waals surface area contributed by atoms with Gasteiger partial charge in [-0.05, 0) is 38.3 Å². The van der Waals surface area contributed by atoms with Gasteiger partial charge in [0.1, 0.15) is 5.76 Å². The maximum Gasteiger partial charge on any atom is 0.105 e. The number of rotatable bonds is 7. The number of nitrogens with one attached hydrogen (secondary N) is 1. The molecule has 2 heterocycles. The van der Waals surface area contributed by atoms with E-state index >= 15 is 0 Å². The Bertz CT molecular complexity index is 422. The van der Waals surface area contributed by atoms with Gasteiger partial charge in [-0.1, -0.05) is 13.8 Å². The molecule has 0 spiro atoms. The number of furan rings is 1. The SMILES string of the molecule is Cc1occc1CN(C)CC1(CNC(C)C)CCOCC1. The Balaban J connectivity index is 1.95. The number of nitrogens with zero attached hydrogens (tertiary/aromatic N) is 1. The van der Waals surface area contributed by atoms with Crippen LogP contribution in [0.5, 0.6) is 0 Å². The fraction of sp³-hybridized carbons (Fsp3) is 0.765. The zero-order valence-corrected chi connectivity index (χ0v) is 13.9. The summed E-state index contributed by atoms with van der Waals surface area (Å²) in [5.41, 5.74) is 1.62. The fourth-order valence-corrected chi connectivity index (χ4v) is 3.11. The van der Waals surface area contributed by atoms with Gasteiger partial charge in [-0.25, -0.2) is 0 Å². The minimum atomic E-state index is 0.328. The Morgan fingerprint density at radius 3 is 2.62 bits per heavy atom. The zero-order chi connectivity index (χ0) is 15.3. The van der Waals surface area contributed by atoms with E-state index in [1.165, 1.54) is 5.56 Å². The summed E-state index contributed by atoms with van der Waals surface area (Å²) >= 11 is 0. The van der Waals surface area contributed by atoms with Gasteiger partial charge in [0.25, 0.3) is 0 Å². The fourth-order valence-electron chi connectivity index (χ4n) is 3.11. The number of ether oxygens (including phenoxy) is 1. The number of hydrogen-bond acceptors (Lipinski definition) is 4. The van der Waals surface area contributed by atoms with Gasteiger partial charge < -0.3 is 19.4 Å². The third-order valence-electron chi connectivity index (χ3n) is 4.45. The quantitative estimate of drug-likeness (QED) is 0.839. The van der Waals surface area contributed by atoms with Crippen molar-refractivity contribution in [3.63, 3.8) is 0 Å². The van der Waals surface area contributed by atoms with Crippen LogP contribution in [0.2, 0.25) is 0 Å². The molecule has 1 saturated heterocycles. The van der Waals surface area contributed by atoms with E-state index in [4.69, 9.17) is 9.15 Å². The van der Waals surface area contributed by atoms with Crippen molar-refractivity contribution in [1.29, 1.82) is 0 Å². The first-order valence-corrected chi connectivity index (χ1v) is 8.03. The molecule has 4 nitrogen and oxygen atoms in total. The highest BCUT2D eigenvalue weighted by atomic mass is 16.5. The van der Waals surface area contributed by atoms with E-state index in [1.54, 1.807) is 6.26 Å². The van der Waals surface area contributed by atoms with E-state index in [0.29, 0.717) is 11.5 Å². The van der Waals surface area contributed by atoms with Gasteiger partial charge in [0.15, 0.2) is 0 Å². The molecule has 120 valence electrons. The lowest BCUT2D eigenvalue weighted by Gasteiger charge is -2.40. The van der Waals surface area contributed by atoms with Gasteiger partial charge in [-0.2, -0.15) is 0 Å². The van der Waals surface area contributed by atoms with E-state index in [0.717, 1.165) is 51.4 Å². The van der Waals surface area contributed by atoms with Crippen LogP contribution in [-0.4, -0.2) is 44.3 Å². The van der Waals surface area contributed by atoms with Crippen molar-refractivity contribution in [2.24, 2.45) is 5.41 Å². The summed E-state index contributed by atoms with van der Waals surface area (Å²) in [5, 5.41) is 3.63. The number of hydrogen-bond donors (Lipinski definition) is 1. The molecule has 0 atom stereocenters. The second-order valence-corrected chi connectivity index (χ2v) is 6.82. The monoisotopic (exact) mass is 294 g/mol. The molecule has 1 N–H and O–H groups in total. The second-order valence-electron chi connectivity index (χ2n) is 6.82. The Morgan fingerprint density at radius 2 is 2.05 bits per heavy atom. The van der Waals surface area contributed by atoms with Crippen LogP contribution < -0.4 is 5.32 Å². The normalized spacial score (nSPS) is 18.6. The van der Waals surface area contributed by atoms with E-state index in [2.05, 4.69) is 37.2 Å². The molecule has 2 rings (SSSR count). The molecule has 0 unspecified atom stereocenters. The Kier molecular flexibility index (Phi) is 5.85. The van der Waals surface area contributed by atoms with Gasteiger partial charge in [0, 0.05) is 44.5 Å². The van der Waals surface area contributed by atoms with Crippen LogP contribution in [0.15, 0.2) is 16.7 Å². The van der Waals surface area contributed by atoms with Crippen molar-refractivity contribution in [3.05, 3.63) is 23.7 Å². The standard InChI is InChI=1S/C17H30N2O2/c1-14(2)18-12-17(6-9-20-10-7-17)13-19(4)11-16-5-8-21-15(16)3/h5,8,14,18H,6-7,9-13H2,1-4H3. The summed E-state index contributed by atoms with van der Waals surface area (Å²) in [5.74, 6) is 1.03. The van der Waals surface area contributed by atoms with Crippen molar-refractivity contribution >= 4 is 0 Å². The average molecular weight is 294 g/mol. The number of aryl methyl sites for hydroxylation is 1. The minimum absolute atomic E-state index is 0.328. The molecule has 0 saturated carbocycles. The predicted molar refractivity (Wildman–Crippen MR) is 85.4 cm³/mol. The summed E-state index contributed by atoms with van der Waals surface area (Å²) < 4.78 is 11.0. The lowest BCUT2D eigenvalue weighted by atomic mass is 9.79. The van der Waals surface area contributed by atoms with E-state index in [-0.39, 0.29) is 0 Å². The summed E-state index contributed by atoms with van der Waals surface area (Å²) in [6.07, 6.45) is 4.06. The van der Waals surface area contributed by atoms with Crippen molar-refractivity contribution in [2.75, 3.05) is 33.4 Å². The molecule has 0 aromatic carbocycles. The Labute approximate surface area is 128 Å². The molecule has 0 radical (unpaired) electrons. The summed E-state index contributed by atoms with van der Waals surface area (Å²) in [6, 6.07) is 2.61. The second kappa shape index (κ2) is 7.43. The van der Waals surface area contributed by atoms with Gasteiger partial charge in [0.2, 0.25) is 0 Å². The third-order valence-corrected chi connectivity index (χ3v) is 4.45. The van der Waals surface area contributed by atoms with Gasteiger partial charge in [-0.3, -0.25) is 0 Å². The molecule has 1 aliphatic rings. The van der Waals surface area contributed by atoms with Gasteiger partial charge in [0.05, 0.1) is 6.26 Å².